The van der Waals surface area contributed by atoms with Crippen LogP contribution in [0.25, 0.3) is 21.8 Å². The van der Waals surface area contributed by atoms with E-state index in [0.29, 0.717) is 16.8 Å². The quantitative estimate of drug-likeness (QED) is 0.528. The molecule has 0 spiro atoms. The Morgan fingerprint density at radius 2 is 1.72 bits per heavy atom. The van der Waals surface area contributed by atoms with Gasteiger partial charge in [0.2, 0.25) is 5.82 Å². The summed E-state index contributed by atoms with van der Waals surface area (Å²) in [5.41, 5.74) is 1.53. The van der Waals surface area contributed by atoms with Gasteiger partial charge in [-0.25, -0.2) is 9.97 Å². The van der Waals surface area contributed by atoms with Gasteiger partial charge in [-0.15, -0.1) is 0 Å². The number of alkyl halides is 3. The van der Waals surface area contributed by atoms with Crippen LogP contribution in [0, 0.1) is 6.92 Å². The van der Waals surface area contributed by atoms with Gasteiger partial charge in [-0.2, -0.15) is 13.2 Å². The summed E-state index contributed by atoms with van der Waals surface area (Å²) >= 11 is 0. The van der Waals surface area contributed by atoms with Gasteiger partial charge in [-0.05, 0) is 35.9 Å². The Labute approximate surface area is 140 Å². The molecule has 0 bridgehead atoms. The first kappa shape index (κ1) is 15.4. The molecule has 0 saturated carbocycles. The Morgan fingerprint density at radius 3 is 2.48 bits per heavy atom. The van der Waals surface area contributed by atoms with E-state index in [-0.39, 0.29) is 11.5 Å². The number of nitrogens with zero attached hydrogens (tertiary/aromatic N) is 2. The minimum Gasteiger partial charge on any atom is -0.343 e. The predicted molar refractivity (Wildman–Crippen MR) is 90.9 cm³/mol. The van der Waals surface area contributed by atoms with E-state index in [1.165, 1.54) is 0 Å². The van der Waals surface area contributed by atoms with Crippen LogP contribution >= 0.6 is 0 Å². The van der Waals surface area contributed by atoms with Crippen molar-refractivity contribution in [3.63, 3.8) is 0 Å². The maximum Gasteiger partial charge on any atom is 0.451 e. The second kappa shape index (κ2) is 5.47. The van der Waals surface area contributed by atoms with Crippen molar-refractivity contribution in [2.24, 2.45) is 0 Å². The highest BCUT2D eigenvalue weighted by Gasteiger charge is 2.35. The lowest BCUT2D eigenvalue weighted by Crippen LogP contribution is -2.12. The predicted octanol–water partition coefficient (Wildman–Crippen LogP) is 5.18. The third kappa shape index (κ3) is 2.88. The number of benzene rings is 2. The molecule has 2 heterocycles. The zero-order valence-electron chi connectivity index (χ0n) is 13.1. The molecule has 4 nitrogen and oxygen atoms in total. The second-order valence-electron chi connectivity index (χ2n) is 5.80. The Balaban J connectivity index is 1.83. The summed E-state index contributed by atoms with van der Waals surface area (Å²) in [7, 11) is 0. The van der Waals surface area contributed by atoms with Crippen LogP contribution in [-0.2, 0) is 6.18 Å². The molecule has 0 radical (unpaired) electrons. The minimum absolute atomic E-state index is 0.122. The number of H-pyrrole nitrogens is 1. The normalized spacial score (nSPS) is 12.0. The van der Waals surface area contributed by atoms with Gasteiger partial charge in [-0.1, -0.05) is 30.3 Å². The molecular formula is C18H13F3N4. The molecule has 4 rings (SSSR count). The second-order valence-corrected chi connectivity index (χ2v) is 5.80. The Hall–Kier alpha value is -3.09. The van der Waals surface area contributed by atoms with Gasteiger partial charge < -0.3 is 10.3 Å². The maximum absolute atomic E-state index is 13.1. The van der Waals surface area contributed by atoms with E-state index < -0.39 is 12.0 Å². The van der Waals surface area contributed by atoms with E-state index >= 15 is 0 Å². The fourth-order valence-corrected chi connectivity index (χ4v) is 2.77. The van der Waals surface area contributed by atoms with Crippen LogP contribution in [0.3, 0.4) is 0 Å². The Kier molecular flexibility index (Phi) is 3.38. The number of aryl methyl sites for hydroxylation is 1. The maximum atomic E-state index is 13.1. The lowest BCUT2D eigenvalue weighted by atomic mass is 10.1. The van der Waals surface area contributed by atoms with Crippen LogP contribution < -0.4 is 5.32 Å². The monoisotopic (exact) mass is 342 g/mol. The molecular weight excluding hydrogens is 329 g/mol. The van der Waals surface area contributed by atoms with Gasteiger partial charge in [0.25, 0.3) is 0 Å². The van der Waals surface area contributed by atoms with Crippen LogP contribution in [0.15, 0.2) is 48.5 Å². The van der Waals surface area contributed by atoms with E-state index in [4.69, 9.17) is 0 Å². The molecule has 0 amide bonds. The third-order valence-corrected chi connectivity index (χ3v) is 3.89. The molecule has 126 valence electrons. The molecule has 2 aromatic heterocycles. The summed E-state index contributed by atoms with van der Waals surface area (Å²) in [6, 6.07) is 15.1. The van der Waals surface area contributed by atoms with Crippen molar-refractivity contribution in [1.82, 2.24) is 15.0 Å². The van der Waals surface area contributed by atoms with Crippen molar-refractivity contribution in [3.8, 4) is 0 Å². The Morgan fingerprint density at radius 1 is 0.960 bits per heavy atom. The molecule has 0 aliphatic rings. The number of halogens is 3. The first-order valence-corrected chi connectivity index (χ1v) is 7.60. The highest BCUT2D eigenvalue weighted by atomic mass is 19.4. The van der Waals surface area contributed by atoms with Crippen molar-refractivity contribution >= 4 is 33.3 Å². The summed E-state index contributed by atoms with van der Waals surface area (Å²) in [5.74, 6) is -1.05. The van der Waals surface area contributed by atoms with E-state index in [2.05, 4.69) is 20.3 Å². The molecule has 0 saturated heterocycles. The molecule has 7 heteroatoms. The first-order chi connectivity index (χ1) is 11.9. The van der Waals surface area contributed by atoms with Gasteiger partial charge in [0, 0.05) is 11.4 Å². The number of anilines is 2. The average Bonchev–Trinajstić information content (AvgIpc) is 2.94. The lowest BCUT2D eigenvalue weighted by Gasteiger charge is -2.11. The SMILES string of the molecule is Cc1cc2c(Nc3ccc4ccccc4c3)nc(C(F)(F)F)nc2[nH]1. The molecule has 0 aliphatic heterocycles. The summed E-state index contributed by atoms with van der Waals surface area (Å²) in [6.07, 6.45) is -4.62. The largest absolute Gasteiger partial charge is 0.451 e. The fourth-order valence-electron chi connectivity index (χ4n) is 2.77. The van der Waals surface area contributed by atoms with Crippen LogP contribution in [-0.4, -0.2) is 15.0 Å². The summed E-state index contributed by atoms with van der Waals surface area (Å²) in [4.78, 5) is 10.1. The molecule has 0 atom stereocenters. The highest BCUT2D eigenvalue weighted by molar-refractivity contribution is 5.92. The van der Waals surface area contributed by atoms with Gasteiger partial charge in [-0.3, -0.25) is 0 Å². The number of hydrogen-bond acceptors (Lipinski definition) is 3. The topological polar surface area (TPSA) is 53.6 Å². The van der Waals surface area contributed by atoms with Crippen LogP contribution in [0.1, 0.15) is 11.5 Å². The number of fused-ring (bicyclic) bond motifs is 2. The molecule has 2 N–H and O–H groups in total. The lowest BCUT2D eigenvalue weighted by molar-refractivity contribution is -0.144. The van der Waals surface area contributed by atoms with Crippen molar-refractivity contribution in [2.45, 2.75) is 13.1 Å². The van der Waals surface area contributed by atoms with Crippen molar-refractivity contribution in [1.29, 1.82) is 0 Å². The molecule has 0 aliphatic carbocycles. The van der Waals surface area contributed by atoms with Gasteiger partial charge in [0.1, 0.15) is 11.5 Å². The summed E-state index contributed by atoms with van der Waals surface area (Å²) < 4.78 is 39.2. The van der Waals surface area contributed by atoms with Crippen LogP contribution in [0.4, 0.5) is 24.7 Å². The molecule has 2 aromatic carbocycles. The number of aromatic nitrogens is 3. The van der Waals surface area contributed by atoms with Gasteiger partial charge >= 0.3 is 6.18 Å². The zero-order valence-corrected chi connectivity index (χ0v) is 13.1. The van der Waals surface area contributed by atoms with Crippen LogP contribution in [0.5, 0.6) is 0 Å². The van der Waals surface area contributed by atoms with E-state index in [1.807, 2.05) is 42.5 Å². The molecule has 0 fully saturated rings. The smallest absolute Gasteiger partial charge is 0.343 e. The van der Waals surface area contributed by atoms with Crippen molar-refractivity contribution in [3.05, 3.63) is 60.0 Å². The Bertz CT molecular complexity index is 1080. The van der Waals surface area contributed by atoms with Gasteiger partial charge in [0.05, 0.1) is 5.39 Å². The number of hydrogen-bond donors (Lipinski definition) is 2. The van der Waals surface area contributed by atoms with E-state index in [9.17, 15) is 13.2 Å². The van der Waals surface area contributed by atoms with Gasteiger partial charge in [0.15, 0.2) is 0 Å². The zero-order chi connectivity index (χ0) is 17.6. The molecule has 0 unspecified atom stereocenters. The fraction of sp³-hybridized carbons (Fsp3) is 0.111. The van der Waals surface area contributed by atoms with E-state index in [0.717, 1.165) is 10.8 Å². The van der Waals surface area contributed by atoms with Crippen molar-refractivity contribution in [2.75, 3.05) is 5.32 Å². The van der Waals surface area contributed by atoms with Crippen LogP contribution in [0.2, 0.25) is 0 Å². The van der Waals surface area contributed by atoms with Crippen molar-refractivity contribution < 1.29 is 13.2 Å². The summed E-state index contributed by atoms with van der Waals surface area (Å²) in [5, 5.41) is 5.54. The third-order valence-electron chi connectivity index (χ3n) is 3.89. The standard InChI is InChI=1S/C18H13F3N4/c1-10-8-14-15(22-10)24-17(18(19,20)21)25-16(14)23-13-7-6-11-4-2-3-5-12(11)9-13/h2-9H,1H3,(H2,22,23,24,25). The minimum atomic E-state index is -4.62. The first-order valence-electron chi connectivity index (χ1n) is 7.60. The number of rotatable bonds is 2. The molecule has 4 aromatic rings. The number of aromatic amines is 1. The molecule has 25 heavy (non-hydrogen) atoms. The number of nitrogens with one attached hydrogen (secondary N) is 2. The summed E-state index contributed by atoms with van der Waals surface area (Å²) in [6.45, 7) is 1.76. The average molecular weight is 342 g/mol. The highest BCUT2D eigenvalue weighted by Crippen LogP contribution is 2.32. The van der Waals surface area contributed by atoms with E-state index in [1.54, 1.807) is 13.0 Å².